The van der Waals surface area contributed by atoms with Gasteiger partial charge in [0.25, 0.3) is 5.91 Å². The first-order valence-corrected chi connectivity index (χ1v) is 9.76. The molecule has 1 atom stereocenters. The van der Waals surface area contributed by atoms with E-state index in [9.17, 15) is 4.79 Å². The fourth-order valence-electron chi connectivity index (χ4n) is 3.17. The molecule has 1 unspecified atom stereocenters. The number of hydrogen-bond donors (Lipinski definition) is 0. The van der Waals surface area contributed by atoms with Gasteiger partial charge in [0.2, 0.25) is 0 Å². The lowest BCUT2D eigenvalue weighted by Crippen LogP contribution is -2.27. The molecular weight excluding hydrogens is 424 g/mol. The molecule has 0 fully saturated rings. The van der Waals surface area contributed by atoms with Crippen LogP contribution in [0, 0.1) is 0 Å². The minimum absolute atomic E-state index is 0.134. The van der Waals surface area contributed by atoms with E-state index in [1.807, 2.05) is 54.6 Å². The maximum atomic E-state index is 13.2. The van der Waals surface area contributed by atoms with Gasteiger partial charge in [0.05, 0.1) is 11.8 Å². The highest BCUT2D eigenvalue weighted by atomic mass is 79.9. The van der Waals surface area contributed by atoms with E-state index >= 15 is 0 Å². The highest BCUT2D eigenvalue weighted by Gasteiger charge is 2.33. The maximum absolute atomic E-state index is 13.2. The van der Waals surface area contributed by atoms with E-state index < -0.39 is 0 Å². The highest BCUT2D eigenvalue weighted by Crippen LogP contribution is 2.34. The molecule has 1 amide bonds. The summed E-state index contributed by atoms with van der Waals surface area (Å²) in [6, 6.07) is 24.8. The molecule has 0 aromatic heterocycles. The van der Waals surface area contributed by atoms with Crippen molar-refractivity contribution in [2.45, 2.75) is 12.5 Å². The Morgan fingerprint density at radius 2 is 1.63 bits per heavy atom. The van der Waals surface area contributed by atoms with Crippen molar-refractivity contribution in [2.24, 2.45) is 5.10 Å². The molecule has 134 valence electrons. The topological polar surface area (TPSA) is 32.7 Å². The van der Waals surface area contributed by atoms with Gasteiger partial charge in [-0.15, -0.1) is 0 Å². The van der Waals surface area contributed by atoms with Crippen LogP contribution in [0.1, 0.15) is 33.9 Å². The van der Waals surface area contributed by atoms with E-state index in [0.717, 1.165) is 21.3 Å². The monoisotopic (exact) mass is 438 g/mol. The predicted octanol–water partition coefficient (Wildman–Crippen LogP) is 6.09. The van der Waals surface area contributed by atoms with Crippen LogP contribution in [0.3, 0.4) is 0 Å². The largest absolute Gasteiger partial charge is 0.274 e. The van der Waals surface area contributed by atoms with E-state index in [1.54, 1.807) is 29.3 Å². The molecule has 1 aliphatic rings. The van der Waals surface area contributed by atoms with Gasteiger partial charge in [-0.3, -0.25) is 4.79 Å². The second-order valence-corrected chi connectivity index (χ2v) is 7.69. The molecule has 0 saturated heterocycles. The van der Waals surface area contributed by atoms with Crippen LogP contribution in [0.4, 0.5) is 0 Å². The number of rotatable bonds is 3. The van der Waals surface area contributed by atoms with Crippen molar-refractivity contribution in [1.29, 1.82) is 0 Å². The van der Waals surface area contributed by atoms with Gasteiger partial charge in [-0.1, -0.05) is 70.0 Å². The van der Waals surface area contributed by atoms with E-state index in [2.05, 4.69) is 15.9 Å². The van der Waals surface area contributed by atoms with Crippen molar-refractivity contribution in [1.82, 2.24) is 5.01 Å². The second-order valence-electron chi connectivity index (χ2n) is 6.34. The summed E-state index contributed by atoms with van der Waals surface area (Å²) in [5, 5.41) is 6.89. The molecule has 1 aliphatic heterocycles. The summed E-state index contributed by atoms with van der Waals surface area (Å²) in [5.41, 5.74) is 3.56. The number of carbonyl (C=O) groups is 1. The van der Waals surface area contributed by atoms with Crippen molar-refractivity contribution >= 4 is 39.1 Å². The molecular formula is C22H16BrClN2O. The van der Waals surface area contributed by atoms with Crippen LogP contribution in [0.2, 0.25) is 5.02 Å². The molecule has 0 bridgehead atoms. The van der Waals surface area contributed by atoms with Crippen LogP contribution in [-0.2, 0) is 0 Å². The minimum Gasteiger partial charge on any atom is -0.267 e. The zero-order valence-corrected chi connectivity index (χ0v) is 16.7. The van der Waals surface area contributed by atoms with E-state index in [0.29, 0.717) is 17.0 Å². The number of benzene rings is 3. The molecule has 4 rings (SSSR count). The van der Waals surface area contributed by atoms with Crippen molar-refractivity contribution in [3.63, 3.8) is 0 Å². The number of hydrazone groups is 1. The third-order valence-electron chi connectivity index (χ3n) is 4.57. The lowest BCUT2D eigenvalue weighted by Gasteiger charge is -2.22. The lowest BCUT2D eigenvalue weighted by atomic mass is 9.98. The van der Waals surface area contributed by atoms with Gasteiger partial charge in [-0.2, -0.15) is 5.10 Å². The van der Waals surface area contributed by atoms with E-state index in [-0.39, 0.29) is 11.9 Å². The van der Waals surface area contributed by atoms with Crippen molar-refractivity contribution in [3.8, 4) is 0 Å². The Labute approximate surface area is 171 Å². The molecule has 1 heterocycles. The fourth-order valence-corrected chi connectivity index (χ4v) is 3.56. The molecule has 0 aliphatic carbocycles. The van der Waals surface area contributed by atoms with Gasteiger partial charge >= 0.3 is 0 Å². The zero-order chi connectivity index (χ0) is 18.8. The number of hydrogen-bond acceptors (Lipinski definition) is 2. The second kappa shape index (κ2) is 7.67. The zero-order valence-electron chi connectivity index (χ0n) is 14.3. The first kappa shape index (κ1) is 18.0. The summed E-state index contributed by atoms with van der Waals surface area (Å²) in [6.07, 6.45) is 0.672. The van der Waals surface area contributed by atoms with Gasteiger partial charge in [0, 0.05) is 21.5 Å². The number of nitrogens with zero attached hydrogens (tertiary/aromatic N) is 2. The average Bonchev–Trinajstić information content (AvgIpc) is 3.15. The Bertz CT molecular complexity index is 985. The Hall–Kier alpha value is -2.43. The Morgan fingerprint density at radius 3 is 2.30 bits per heavy atom. The molecule has 3 aromatic carbocycles. The SMILES string of the molecule is O=C(c1ccc(Cl)cc1)N1N=C(c2ccccc2)CC1c1ccc(Br)cc1. The van der Waals surface area contributed by atoms with Crippen molar-refractivity contribution < 1.29 is 4.79 Å². The van der Waals surface area contributed by atoms with E-state index in [1.165, 1.54) is 0 Å². The molecule has 3 nitrogen and oxygen atoms in total. The van der Waals surface area contributed by atoms with Crippen LogP contribution in [0.25, 0.3) is 0 Å². The van der Waals surface area contributed by atoms with Gasteiger partial charge in [-0.25, -0.2) is 5.01 Å². The Morgan fingerprint density at radius 1 is 0.963 bits per heavy atom. The lowest BCUT2D eigenvalue weighted by molar-refractivity contribution is 0.0711. The molecule has 0 spiro atoms. The number of carbonyl (C=O) groups excluding carboxylic acids is 1. The fraction of sp³-hybridized carbons (Fsp3) is 0.0909. The highest BCUT2D eigenvalue weighted by molar-refractivity contribution is 9.10. The predicted molar refractivity (Wildman–Crippen MR) is 112 cm³/mol. The van der Waals surface area contributed by atoms with Gasteiger partial charge < -0.3 is 0 Å². The van der Waals surface area contributed by atoms with Gasteiger partial charge in [0.15, 0.2) is 0 Å². The summed E-state index contributed by atoms with van der Waals surface area (Å²) in [7, 11) is 0. The van der Waals surface area contributed by atoms with Crippen molar-refractivity contribution in [2.75, 3.05) is 0 Å². The summed E-state index contributed by atoms with van der Waals surface area (Å²) >= 11 is 9.43. The van der Waals surface area contributed by atoms with Crippen LogP contribution in [0.5, 0.6) is 0 Å². The maximum Gasteiger partial charge on any atom is 0.274 e. The summed E-state index contributed by atoms with van der Waals surface area (Å²) < 4.78 is 1.00. The van der Waals surface area contributed by atoms with Crippen LogP contribution >= 0.6 is 27.5 Å². The molecule has 0 radical (unpaired) electrons. The quantitative estimate of drug-likeness (QED) is 0.486. The summed E-state index contributed by atoms with van der Waals surface area (Å²) in [5.74, 6) is -0.134. The van der Waals surface area contributed by atoms with E-state index in [4.69, 9.17) is 16.7 Å². The van der Waals surface area contributed by atoms with Crippen LogP contribution < -0.4 is 0 Å². The van der Waals surface area contributed by atoms with Crippen molar-refractivity contribution in [3.05, 3.63) is 105 Å². The Balaban J connectivity index is 1.72. The van der Waals surface area contributed by atoms with Crippen LogP contribution in [0.15, 0.2) is 88.4 Å². The normalized spacial score (nSPS) is 16.3. The standard InChI is InChI=1S/C22H16BrClN2O/c23-18-10-6-16(7-11-18)21-14-20(15-4-2-1-3-5-15)25-26(21)22(27)17-8-12-19(24)13-9-17/h1-13,21H,14H2. The van der Waals surface area contributed by atoms with Crippen LogP contribution in [-0.4, -0.2) is 16.6 Å². The third kappa shape index (κ3) is 3.82. The number of amides is 1. The molecule has 0 saturated carbocycles. The first-order valence-electron chi connectivity index (χ1n) is 8.59. The number of halogens is 2. The minimum atomic E-state index is -0.142. The molecule has 0 N–H and O–H groups in total. The Kier molecular flexibility index (Phi) is 5.10. The van der Waals surface area contributed by atoms with Gasteiger partial charge in [0.1, 0.15) is 0 Å². The molecule has 27 heavy (non-hydrogen) atoms. The smallest absolute Gasteiger partial charge is 0.267 e. The van der Waals surface area contributed by atoms with Gasteiger partial charge in [-0.05, 0) is 47.5 Å². The summed E-state index contributed by atoms with van der Waals surface area (Å²) in [6.45, 7) is 0. The average molecular weight is 440 g/mol. The third-order valence-corrected chi connectivity index (χ3v) is 5.35. The molecule has 3 aromatic rings. The first-order chi connectivity index (χ1) is 13.1. The molecule has 5 heteroatoms. The summed E-state index contributed by atoms with van der Waals surface area (Å²) in [4.78, 5) is 13.2.